The number of nitrogens with zero attached hydrogens (tertiary/aromatic N) is 1. The molecule has 0 fully saturated rings. The van der Waals surface area contributed by atoms with E-state index in [2.05, 4.69) is 21.3 Å². The van der Waals surface area contributed by atoms with Crippen molar-refractivity contribution in [1.82, 2.24) is 20.9 Å². The number of likely N-dealkylation sites (N-methyl/N-ethyl adjacent to an activating group) is 1. The highest BCUT2D eigenvalue weighted by atomic mass is 19.1. The lowest BCUT2D eigenvalue weighted by Crippen LogP contribution is -2.41. The molecule has 2 rings (SSSR count). The second-order valence-electron chi connectivity index (χ2n) is 6.93. The molecule has 0 aromatic heterocycles. The summed E-state index contributed by atoms with van der Waals surface area (Å²) in [6.07, 6.45) is 0. The summed E-state index contributed by atoms with van der Waals surface area (Å²) in [6, 6.07) is 12.4. The van der Waals surface area contributed by atoms with Crippen molar-refractivity contribution in [3.05, 3.63) is 65.5 Å². The summed E-state index contributed by atoms with van der Waals surface area (Å²) in [7, 11) is 3.62. The molecule has 4 amide bonds. The van der Waals surface area contributed by atoms with Crippen molar-refractivity contribution in [1.29, 1.82) is 0 Å². The lowest BCUT2D eigenvalue weighted by atomic mass is 10.2. The fourth-order valence-electron chi connectivity index (χ4n) is 2.52. The molecule has 8 nitrogen and oxygen atoms in total. The average molecular weight is 415 g/mol. The fourth-order valence-corrected chi connectivity index (χ4v) is 2.52. The number of carbonyl (C=O) groups excluding carboxylic acids is 3. The van der Waals surface area contributed by atoms with Gasteiger partial charge in [-0.2, -0.15) is 0 Å². The maximum Gasteiger partial charge on any atom is 0.315 e. The molecular formula is C21H26FN5O3. The van der Waals surface area contributed by atoms with Gasteiger partial charge < -0.3 is 26.2 Å². The zero-order chi connectivity index (χ0) is 21.9. The van der Waals surface area contributed by atoms with E-state index < -0.39 is 6.03 Å². The van der Waals surface area contributed by atoms with Crippen LogP contribution in [0.2, 0.25) is 0 Å². The van der Waals surface area contributed by atoms with Crippen molar-refractivity contribution in [3.63, 3.8) is 0 Å². The van der Waals surface area contributed by atoms with Crippen LogP contribution < -0.4 is 21.3 Å². The molecule has 0 bridgehead atoms. The van der Waals surface area contributed by atoms with Crippen LogP contribution in [0.25, 0.3) is 0 Å². The lowest BCUT2D eigenvalue weighted by molar-refractivity contribution is -0.120. The first-order valence-electron chi connectivity index (χ1n) is 9.38. The summed E-state index contributed by atoms with van der Waals surface area (Å²) in [5, 5.41) is 10.5. The normalized spacial score (nSPS) is 10.4. The number of nitrogens with one attached hydrogen (secondary N) is 4. The molecule has 0 aliphatic heterocycles. The molecule has 0 aliphatic carbocycles. The van der Waals surface area contributed by atoms with E-state index in [-0.39, 0.29) is 43.8 Å². The van der Waals surface area contributed by atoms with E-state index in [1.165, 1.54) is 12.1 Å². The second kappa shape index (κ2) is 11.5. The predicted molar refractivity (Wildman–Crippen MR) is 112 cm³/mol. The topological polar surface area (TPSA) is 103 Å². The Morgan fingerprint density at radius 1 is 0.867 bits per heavy atom. The first-order chi connectivity index (χ1) is 14.3. The van der Waals surface area contributed by atoms with Gasteiger partial charge >= 0.3 is 6.03 Å². The molecule has 0 spiro atoms. The molecule has 0 aliphatic rings. The van der Waals surface area contributed by atoms with Crippen molar-refractivity contribution in [2.45, 2.75) is 13.1 Å². The molecule has 0 saturated heterocycles. The van der Waals surface area contributed by atoms with Gasteiger partial charge in [-0.1, -0.05) is 24.3 Å². The average Bonchev–Trinajstić information content (AvgIpc) is 2.70. The van der Waals surface area contributed by atoms with Gasteiger partial charge in [-0.25, -0.2) is 9.18 Å². The largest absolute Gasteiger partial charge is 0.350 e. The van der Waals surface area contributed by atoms with Crippen LogP contribution in [-0.2, 0) is 22.7 Å². The van der Waals surface area contributed by atoms with Gasteiger partial charge in [0.15, 0.2) is 0 Å². The lowest BCUT2D eigenvalue weighted by Gasteiger charge is -2.12. The van der Waals surface area contributed by atoms with Crippen LogP contribution in [0, 0.1) is 5.82 Å². The third-order valence-corrected chi connectivity index (χ3v) is 3.94. The number of halogens is 1. The third kappa shape index (κ3) is 8.70. The number of anilines is 1. The Kier molecular flexibility index (Phi) is 8.76. The smallest absolute Gasteiger partial charge is 0.315 e. The van der Waals surface area contributed by atoms with Gasteiger partial charge in [-0.3, -0.25) is 9.59 Å². The highest BCUT2D eigenvalue weighted by Gasteiger charge is 2.07. The van der Waals surface area contributed by atoms with Crippen LogP contribution in [0.15, 0.2) is 48.5 Å². The van der Waals surface area contributed by atoms with Crippen molar-refractivity contribution in [2.24, 2.45) is 0 Å². The fraction of sp³-hybridized carbons (Fsp3) is 0.286. The van der Waals surface area contributed by atoms with E-state index in [9.17, 15) is 18.8 Å². The molecule has 0 unspecified atom stereocenters. The maximum atomic E-state index is 12.8. The predicted octanol–water partition coefficient (Wildman–Crippen LogP) is 1.44. The Morgan fingerprint density at radius 2 is 1.57 bits per heavy atom. The number of hydrogen-bond acceptors (Lipinski definition) is 4. The molecule has 4 N–H and O–H groups in total. The van der Waals surface area contributed by atoms with Gasteiger partial charge in [-0.15, -0.1) is 0 Å². The molecule has 160 valence electrons. The number of carbonyl (C=O) groups is 3. The zero-order valence-electron chi connectivity index (χ0n) is 17.0. The number of rotatable bonds is 9. The Bertz CT molecular complexity index is 871. The Balaban J connectivity index is 1.70. The van der Waals surface area contributed by atoms with Crippen LogP contribution in [0.4, 0.5) is 14.9 Å². The van der Waals surface area contributed by atoms with E-state index in [0.29, 0.717) is 5.69 Å². The van der Waals surface area contributed by atoms with Gasteiger partial charge in [0, 0.05) is 18.8 Å². The van der Waals surface area contributed by atoms with Gasteiger partial charge in [0.25, 0.3) is 0 Å². The molecule has 0 heterocycles. The van der Waals surface area contributed by atoms with Gasteiger partial charge in [-0.05, 0) is 49.5 Å². The molecule has 2 aromatic carbocycles. The molecule has 30 heavy (non-hydrogen) atoms. The summed E-state index contributed by atoms with van der Waals surface area (Å²) in [4.78, 5) is 37.3. The molecule has 9 heteroatoms. The standard InChI is InChI=1S/C21H26FN5O3/c1-27(2)14-20(29)26-18-5-3-4-16(10-18)12-23-19(28)13-25-21(30)24-11-15-6-8-17(22)9-7-15/h3-10H,11-14H2,1-2H3,(H,23,28)(H,26,29)(H2,24,25,30). The van der Waals surface area contributed by atoms with Gasteiger partial charge in [0.1, 0.15) is 5.82 Å². The van der Waals surface area contributed by atoms with Crippen LogP contribution in [-0.4, -0.2) is 49.9 Å². The van der Waals surface area contributed by atoms with E-state index in [0.717, 1.165) is 11.1 Å². The van der Waals surface area contributed by atoms with E-state index in [4.69, 9.17) is 0 Å². The van der Waals surface area contributed by atoms with Crippen LogP contribution in [0.5, 0.6) is 0 Å². The summed E-state index contributed by atoms with van der Waals surface area (Å²) in [5.74, 6) is -0.827. The maximum absolute atomic E-state index is 12.8. The highest BCUT2D eigenvalue weighted by Crippen LogP contribution is 2.10. The van der Waals surface area contributed by atoms with Gasteiger partial charge in [0.05, 0.1) is 13.1 Å². The van der Waals surface area contributed by atoms with Crippen molar-refractivity contribution < 1.29 is 18.8 Å². The number of hydrogen-bond donors (Lipinski definition) is 4. The first kappa shape index (κ1) is 22.8. The quantitative estimate of drug-likeness (QED) is 0.498. The molecule has 0 atom stereocenters. The van der Waals surface area contributed by atoms with Crippen molar-refractivity contribution in [3.8, 4) is 0 Å². The number of urea groups is 1. The molecule has 0 radical (unpaired) electrons. The van der Waals surface area contributed by atoms with Crippen LogP contribution in [0.3, 0.4) is 0 Å². The molecule has 0 saturated carbocycles. The van der Waals surface area contributed by atoms with Gasteiger partial charge in [0.2, 0.25) is 11.8 Å². The van der Waals surface area contributed by atoms with Crippen LogP contribution in [0.1, 0.15) is 11.1 Å². The zero-order valence-corrected chi connectivity index (χ0v) is 17.0. The Labute approximate surface area is 174 Å². The minimum Gasteiger partial charge on any atom is -0.350 e. The minimum absolute atomic E-state index is 0.128. The SMILES string of the molecule is CN(C)CC(=O)Nc1cccc(CNC(=O)CNC(=O)NCc2ccc(F)cc2)c1. The van der Waals surface area contributed by atoms with E-state index >= 15 is 0 Å². The molecule has 2 aromatic rings. The summed E-state index contributed by atoms with van der Waals surface area (Å²) >= 11 is 0. The summed E-state index contributed by atoms with van der Waals surface area (Å²) < 4.78 is 12.8. The van der Waals surface area contributed by atoms with Crippen molar-refractivity contribution >= 4 is 23.5 Å². The van der Waals surface area contributed by atoms with Crippen molar-refractivity contribution in [2.75, 3.05) is 32.5 Å². The van der Waals surface area contributed by atoms with Crippen LogP contribution >= 0.6 is 0 Å². The first-order valence-corrected chi connectivity index (χ1v) is 9.38. The Morgan fingerprint density at radius 3 is 2.27 bits per heavy atom. The Hall–Kier alpha value is -3.46. The summed E-state index contributed by atoms with van der Waals surface area (Å²) in [6.45, 7) is 0.569. The second-order valence-corrected chi connectivity index (χ2v) is 6.93. The third-order valence-electron chi connectivity index (χ3n) is 3.94. The number of benzene rings is 2. The van der Waals surface area contributed by atoms with E-state index in [1.807, 2.05) is 20.2 Å². The highest BCUT2D eigenvalue weighted by molar-refractivity contribution is 5.92. The summed E-state index contributed by atoms with van der Waals surface area (Å²) in [5.41, 5.74) is 2.20. The number of amides is 4. The van der Waals surface area contributed by atoms with E-state index in [1.54, 1.807) is 35.2 Å². The molecular weight excluding hydrogens is 389 g/mol. The minimum atomic E-state index is -0.500. The monoisotopic (exact) mass is 415 g/mol.